The molecule has 1 fully saturated rings. The first-order valence-corrected chi connectivity index (χ1v) is 11.2. The Bertz CT molecular complexity index is 891. The Balaban J connectivity index is 1.81. The smallest absolute Gasteiger partial charge is 0.255 e. The highest BCUT2D eigenvalue weighted by Gasteiger charge is 2.26. The molecule has 1 N–H and O–H groups in total. The third-order valence-electron chi connectivity index (χ3n) is 4.38. The highest BCUT2D eigenvalue weighted by molar-refractivity contribution is 7.98. The topological polar surface area (TPSA) is 66.5 Å². The molecule has 0 radical (unpaired) electrons. The van der Waals surface area contributed by atoms with Crippen LogP contribution < -0.4 is 5.32 Å². The molecule has 0 aliphatic carbocycles. The Labute approximate surface area is 158 Å². The van der Waals surface area contributed by atoms with Crippen molar-refractivity contribution in [3.63, 3.8) is 0 Å². The Hall–Kier alpha value is -1.83. The van der Waals surface area contributed by atoms with E-state index in [2.05, 4.69) is 5.32 Å². The third kappa shape index (κ3) is 4.28. The summed E-state index contributed by atoms with van der Waals surface area (Å²) in [7, 11) is -3.55. The molecule has 1 saturated heterocycles. The minimum Gasteiger partial charge on any atom is -0.322 e. The lowest BCUT2D eigenvalue weighted by Gasteiger charge is -2.26. The second-order valence-electron chi connectivity index (χ2n) is 6.18. The van der Waals surface area contributed by atoms with E-state index < -0.39 is 10.0 Å². The van der Waals surface area contributed by atoms with Crippen LogP contribution in [0.2, 0.25) is 0 Å². The molecule has 0 spiro atoms. The van der Waals surface area contributed by atoms with Crippen LogP contribution in [0.4, 0.5) is 5.69 Å². The maximum Gasteiger partial charge on any atom is 0.255 e. The van der Waals surface area contributed by atoms with Gasteiger partial charge in [-0.1, -0.05) is 18.6 Å². The molecule has 1 aliphatic heterocycles. The number of carbonyl (C=O) groups is 1. The molecule has 1 aliphatic rings. The molecule has 26 heavy (non-hydrogen) atoms. The Kier molecular flexibility index (Phi) is 6.01. The van der Waals surface area contributed by atoms with Gasteiger partial charge in [0.25, 0.3) is 5.91 Å². The summed E-state index contributed by atoms with van der Waals surface area (Å²) in [5, 5.41) is 2.83. The normalized spacial score (nSPS) is 15.6. The van der Waals surface area contributed by atoms with Gasteiger partial charge in [0.1, 0.15) is 0 Å². The molecule has 0 aromatic heterocycles. The van der Waals surface area contributed by atoms with Crippen molar-refractivity contribution in [2.24, 2.45) is 0 Å². The van der Waals surface area contributed by atoms with E-state index in [1.165, 1.54) is 10.4 Å². The summed E-state index contributed by atoms with van der Waals surface area (Å²) in [4.78, 5) is 13.8. The Morgan fingerprint density at radius 1 is 1.04 bits per heavy atom. The average molecular weight is 391 g/mol. The van der Waals surface area contributed by atoms with Gasteiger partial charge in [-0.25, -0.2) is 8.42 Å². The minimum atomic E-state index is -3.55. The largest absolute Gasteiger partial charge is 0.322 e. The second-order valence-corrected chi connectivity index (χ2v) is 9.00. The highest BCUT2D eigenvalue weighted by Crippen LogP contribution is 2.23. The van der Waals surface area contributed by atoms with E-state index in [0.717, 1.165) is 24.2 Å². The zero-order chi connectivity index (χ0) is 18.6. The van der Waals surface area contributed by atoms with Crippen LogP contribution in [0, 0.1) is 0 Å². The third-order valence-corrected chi connectivity index (χ3v) is 7.00. The molecule has 0 bridgehead atoms. The van der Waals surface area contributed by atoms with Gasteiger partial charge in [-0.2, -0.15) is 4.31 Å². The van der Waals surface area contributed by atoms with E-state index in [-0.39, 0.29) is 10.8 Å². The van der Waals surface area contributed by atoms with Gasteiger partial charge in [-0.05, 0) is 55.5 Å². The molecule has 3 rings (SSSR count). The monoisotopic (exact) mass is 390 g/mol. The summed E-state index contributed by atoms with van der Waals surface area (Å²) in [6, 6.07) is 13.8. The first-order chi connectivity index (χ1) is 12.5. The predicted octanol–water partition coefficient (Wildman–Crippen LogP) is 3.84. The molecule has 0 saturated carbocycles. The van der Waals surface area contributed by atoms with Crippen molar-refractivity contribution < 1.29 is 13.2 Å². The minimum absolute atomic E-state index is 0.171. The van der Waals surface area contributed by atoms with Crippen LogP contribution in [0.25, 0.3) is 0 Å². The number of rotatable bonds is 5. The molecule has 2 aromatic carbocycles. The van der Waals surface area contributed by atoms with E-state index in [0.29, 0.717) is 24.3 Å². The molecular formula is C19H22N2O3S2. The van der Waals surface area contributed by atoms with Crippen LogP contribution in [0.1, 0.15) is 29.6 Å². The van der Waals surface area contributed by atoms with Crippen LogP contribution in [-0.4, -0.2) is 38.0 Å². The van der Waals surface area contributed by atoms with Crippen LogP contribution in [0.15, 0.2) is 58.3 Å². The van der Waals surface area contributed by atoms with E-state index in [1.54, 1.807) is 30.0 Å². The summed E-state index contributed by atoms with van der Waals surface area (Å²) in [5.41, 5.74) is 1.02. The number of anilines is 1. The molecule has 1 heterocycles. The lowest BCUT2D eigenvalue weighted by atomic mass is 10.2. The maximum absolute atomic E-state index is 12.8. The molecule has 5 nitrogen and oxygen atoms in total. The zero-order valence-corrected chi connectivity index (χ0v) is 16.3. The number of sulfonamides is 1. The number of nitrogens with one attached hydrogen (secondary N) is 1. The number of thioether (sulfide) groups is 1. The number of hydrogen-bond acceptors (Lipinski definition) is 4. The Morgan fingerprint density at radius 3 is 2.50 bits per heavy atom. The standard InChI is InChI=1S/C19H22N2O3S2/c1-25-17-9-6-8-16(14-17)20-19(22)15-7-5-10-18(13-15)26(23,24)21-11-3-2-4-12-21/h5-10,13-14H,2-4,11-12H2,1H3,(H,20,22). The van der Waals surface area contributed by atoms with Crippen LogP contribution in [0.3, 0.4) is 0 Å². The number of amides is 1. The molecule has 2 aromatic rings. The molecular weight excluding hydrogens is 368 g/mol. The summed E-state index contributed by atoms with van der Waals surface area (Å²) in [6.07, 6.45) is 4.79. The number of hydrogen-bond donors (Lipinski definition) is 1. The van der Waals surface area contributed by atoms with E-state index in [1.807, 2.05) is 30.5 Å². The number of piperidine rings is 1. The fourth-order valence-electron chi connectivity index (χ4n) is 2.96. The highest BCUT2D eigenvalue weighted by atomic mass is 32.2. The van der Waals surface area contributed by atoms with Gasteiger partial charge >= 0.3 is 0 Å². The van der Waals surface area contributed by atoms with E-state index >= 15 is 0 Å². The van der Waals surface area contributed by atoms with Crippen LogP contribution in [-0.2, 0) is 10.0 Å². The Morgan fingerprint density at radius 2 is 1.77 bits per heavy atom. The van der Waals surface area contributed by atoms with Crippen molar-refractivity contribution >= 4 is 33.4 Å². The molecule has 0 unspecified atom stereocenters. The SMILES string of the molecule is CSc1cccc(NC(=O)c2cccc(S(=O)(=O)N3CCCCC3)c2)c1. The zero-order valence-electron chi connectivity index (χ0n) is 14.6. The first-order valence-electron chi connectivity index (χ1n) is 8.56. The quantitative estimate of drug-likeness (QED) is 0.788. The fourth-order valence-corrected chi connectivity index (χ4v) is 4.98. The van der Waals surface area contributed by atoms with Gasteiger partial charge in [0.2, 0.25) is 10.0 Å². The molecule has 1 amide bonds. The lowest BCUT2D eigenvalue weighted by Crippen LogP contribution is -2.35. The molecule has 0 atom stereocenters. The van der Waals surface area contributed by atoms with Crippen molar-refractivity contribution in [2.75, 3.05) is 24.7 Å². The first kappa shape index (κ1) is 18.9. The van der Waals surface area contributed by atoms with Gasteiger partial charge < -0.3 is 5.32 Å². The van der Waals surface area contributed by atoms with Gasteiger partial charge in [-0.3, -0.25) is 4.79 Å². The summed E-state index contributed by atoms with van der Waals surface area (Å²) >= 11 is 1.59. The molecule has 138 valence electrons. The number of nitrogens with zero attached hydrogens (tertiary/aromatic N) is 1. The average Bonchev–Trinajstić information content (AvgIpc) is 2.69. The number of carbonyl (C=O) groups excluding carboxylic acids is 1. The lowest BCUT2D eigenvalue weighted by molar-refractivity contribution is 0.102. The second kappa shape index (κ2) is 8.24. The van der Waals surface area contributed by atoms with E-state index in [9.17, 15) is 13.2 Å². The molecule has 7 heteroatoms. The maximum atomic E-state index is 12.8. The van der Waals surface area contributed by atoms with Crippen LogP contribution in [0.5, 0.6) is 0 Å². The van der Waals surface area contributed by atoms with Gasteiger partial charge in [-0.15, -0.1) is 11.8 Å². The van der Waals surface area contributed by atoms with E-state index in [4.69, 9.17) is 0 Å². The van der Waals surface area contributed by atoms with Gasteiger partial charge in [0, 0.05) is 29.2 Å². The van der Waals surface area contributed by atoms with Gasteiger partial charge in [0.05, 0.1) is 4.90 Å². The van der Waals surface area contributed by atoms with Crippen molar-refractivity contribution in [3.8, 4) is 0 Å². The van der Waals surface area contributed by atoms with Gasteiger partial charge in [0.15, 0.2) is 0 Å². The number of benzene rings is 2. The van der Waals surface area contributed by atoms with Crippen molar-refractivity contribution in [1.82, 2.24) is 4.31 Å². The van der Waals surface area contributed by atoms with Crippen molar-refractivity contribution in [1.29, 1.82) is 0 Å². The predicted molar refractivity (Wildman–Crippen MR) is 105 cm³/mol. The summed E-state index contributed by atoms with van der Waals surface area (Å²) in [6.45, 7) is 1.08. The van der Waals surface area contributed by atoms with Crippen molar-refractivity contribution in [2.45, 2.75) is 29.1 Å². The van der Waals surface area contributed by atoms with Crippen LogP contribution >= 0.6 is 11.8 Å². The fraction of sp³-hybridized carbons (Fsp3) is 0.316. The summed E-state index contributed by atoms with van der Waals surface area (Å²) in [5.74, 6) is -0.320. The summed E-state index contributed by atoms with van der Waals surface area (Å²) < 4.78 is 27.1. The van der Waals surface area contributed by atoms with Crippen molar-refractivity contribution in [3.05, 3.63) is 54.1 Å².